The van der Waals surface area contributed by atoms with Crippen molar-refractivity contribution < 1.29 is 4.74 Å². The van der Waals surface area contributed by atoms with Crippen molar-refractivity contribution in [3.05, 3.63) is 87.8 Å². The van der Waals surface area contributed by atoms with Crippen LogP contribution in [-0.2, 0) is 5.41 Å². The van der Waals surface area contributed by atoms with Crippen molar-refractivity contribution in [1.82, 2.24) is 9.97 Å². The van der Waals surface area contributed by atoms with E-state index in [0.29, 0.717) is 22.2 Å². The fourth-order valence-corrected chi connectivity index (χ4v) is 4.25. The second kappa shape index (κ2) is 9.57. The number of nitrogens with zero attached hydrogens (tertiary/aromatic N) is 3. The van der Waals surface area contributed by atoms with Crippen LogP contribution in [0.1, 0.15) is 30.5 Å². The summed E-state index contributed by atoms with van der Waals surface area (Å²) in [6.07, 6.45) is 1.72. The van der Waals surface area contributed by atoms with Crippen molar-refractivity contribution in [3.63, 3.8) is 0 Å². The van der Waals surface area contributed by atoms with Gasteiger partial charge < -0.3 is 4.74 Å². The van der Waals surface area contributed by atoms with E-state index in [2.05, 4.69) is 54.2 Å². The third-order valence-corrected chi connectivity index (χ3v) is 6.32. The minimum atomic E-state index is -0.382. The van der Waals surface area contributed by atoms with Gasteiger partial charge in [-0.3, -0.25) is 0 Å². The molecule has 33 heavy (non-hydrogen) atoms. The van der Waals surface area contributed by atoms with E-state index in [4.69, 9.17) is 39.5 Å². The zero-order valence-electron chi connectivity index (χ0n) is 18.1. The summed E-state index contributed by atoms with van der Waals surface area (Å²) in [6.45, 7) is 4.49. The molecule has 0 spiro atoms. The molecule has 0 aliphatic rings. The molecule has 0 radical (unpaired) electrons. The molecule has 4 aromatic rings. The first-order valence-electron chi connectivity index (χ1n) is 10.3. The summed E-state index contributed by atoms with van der Waals surface area (Å²) in [5.74, 6) is 0.690. The van der Waals surface area contributed by atoms with Crippen LogP contribution >= 0.6 is 34.8 Å². The quantitative estimate of drug-likeness (QED) is 0.206. The van der Waals surface area contributed by atoms with Gasteiger partial charge in [0.15, 0.2) is 5.75 Å². The minimum absolute atomic E-state index is 0.236. The Morgan fingerprint density at radius 1 is 0.970 bits per heavy atom. The van der Waals surface area contributed by atoms with Crippen LogP contribution in [0, 0.1) is 11.3 Å². The molecule has 0 aliphatic carbocycles. The number of rotatable bonds is 6. The van der Waals surface area contributed by atoms with Gasteiger partial charge in [-0.15, -0.1) is 11.6 Å². The first kappa shape index (κ1) is 23.3. The first-order chi connectivity index (χ1) is 15.8. The van der Waals surface area contributed by atoms with Crippen LogP contribution in [0.4, 0.5) is 0 Å². The largest absolute Gasteiger partial charge is 0.489 e. The van der Waals surface area contributed by atoms with Crippen LogP contribution in [0.2, 0.25) is 10.3 Å². The molecule has 1 heterocycles. The summed E-state index contributed by atoms with van der Waals surface area (Å²) in [4.78, 5) is 8.31. The van der Waals surface area contributed by atoms with E-state index in [9.17, 15) is 5.26 Å². The average Bonchev–Trinajstić information content (AvgIpc) is 2.82. The molecule has 1 aromatic heterocycles. The molecule has 0 N–H and O–H groups in total. The number of benzene rings is 3. The van der Waals surface area contributed by atoms with Gasteiger partial charge in [0, 0.05) is 17.0 Å². The Hall–Kier alpha value is -2.84. The second-order valence-corrected chi connectivity index (χ2v) is 9.22. The average molecular weight is 497 g/mol. The summed E-state index contributed by atoms with van der Waals surface area (Å²) >= 11 is 18.1. The minimum Gasteiger partial charge on any atom is -0.489 e. The van der Waals surface area contributed by atoms with Crippen molar-refractivity contribution in [1.29, 1.82) is 5.26 Å². The van der Waals surface area contributed by atoms with Crippen molar-refractivity contribution in [3.8, 4) is 22.9 Å². The lowest BCUT2D eigenvalue weighted by molar-refractivity contribution is 0.341. The van der Waals surface area contributed by atoms with Gasteiger partial charge in [0.05, 0.1) is 22.0 Å². The Bertz CT molecular complexity index is 1360. The number of hydrogen-bond donors (Lipinski definition) is 0. The smallest absolute Gasteiger partial charge is 0.222 e. The maximum Gasteiger partial charge on any atom is 0.222 e. The Kier molecular flexibility index (Phi) is 6.76. The molecule has 7 heteroatoms. The molecule has 0 aliphatic heterocycles. The van der Waals surface area contributed by atoms with Crippen molar-refractivity contribution in [2.75, 3.05) is 12.5 Å². The van der Waals surface area contributed by atoms with Gasteiger partial charge in [-0.25, -0.2) is 9.97 Å². The van der Waals surface area contributed by atoms with Gasteiger partial charge in [-0.2, -0.15) is 5.26 Å². The summed E-state index contributed by atoms with van der Waals surface area (Å²) in [6, 6.07) is 20.2. The van der Waals surface area contributed by atoms with Crippen LogP contribution in [0.3, 0.4) is 0 Å². The van der Waals surface area contributed by atoms with Crippen LogP contribution in [0.5, 0.6) is 5.75 Å². The van der Waals surface area contributed by atoms with Crippen molar-refractivity contribution >= 4 is 45.7 Å². The molecule has 0 bridgehead atoms. The lowest BCUT2D eigenvalue weighted by Gasteiger charge is -2.27. The highest BCUT2D eigenvalue weighted by molar-refractivity contribution is 6.32. The van der Waals surface area contributed by atoms with Gasteiger partial charge in [0.25, 0.3) is 0 Å². The summed E-state index contributed by atoms with van der Waals surface area (Å²) in [7, 11) is 0. The zero-order chi connectivity index (χ0) is 23.6. The Labute approximate surface area is 207 Å². The fraction of sp³-hybridized carbons (Fsp3) is 0.192. The van der Waals surface area contributed by atoms with Crippen LogP contribution in [-0.4, -0.2) is 22.5 Å². The standard InChI is InChI=1S/C26H20Cl3N3O/c1-26(2,21-12-18(14-30)24(22(28)13-21)33-10-9-27)20-6-3-16(4-7-20)17-5-8-23-19(11-17)15-31-25(29)32-23/h3-8,11-13,15H,9-10H2,1-2H3. The number of hydrogen-bond acceptors (Lipinski definition) is 4. The lowest BCUT2D eigenvalue weighted by Crippen LogP contribution is -2.19. The maximum absolute atomic E-state index is 9.62. The number of alkyl halides is 1. The van der Waals surface area contributed by atoms with Gasteiger partial charge >= 0.3 is 0 Å². The monoisotopic (exact) mass is 495 g/mol. The van der Waals surface area contributed by atoms with Gasteiger partial charge in [0.2, 0.25) is 5.28 Å². The molecule has 3 aromatic carbocycles. The highest BCUT2D eigenvalue weighted by atomic mass is 35.5. The maximum atomic E-state index is 9.62. The molecule has 0 atom stereocenters. The SMILES string of the molecule is CC(C)(c1ccc(-c2ccc3nc(Cl)ncc3c2)cc1)c1cc(Cl)c(OCCCl)c(C#N)c1. The molecule has 0 saturated heterocycles. The third-order valence-electron chi connectivity index (χ3n) is 5.70. The van der Waals surface area contributed by atoms with Gasteiger partial charge in [0.1, 0.15) is 12.7 Å². The molecule has 4 nitrogen and oxygen atoms in total. The van der Waals surface area contributed by atoms with E-state index < -0.39 is 0 Å². The van der Waals surface area contributed by atoms with E-state index in [1.54, 1.807) is 6.20 Å². The number of halogens is 3. The van der Waals surface area contributed by atoms with E-state index in [1.165, 1.54) is 0 Å². The number of nitriles is 1. The Morgan fingerprint density at radius 2 is 1.70 bits per heavy atom. The summed E-state index contributed by atoms with van der Waals surface area (Å²) < 4.78 is 5.58. The Morgan fingerprint density at radius 3 is 2.39 bits per heavy atom. The molecule has 0 fully saturated rings. The molecule has 0 saturated carbocycles. The number of fused-ring (bicyclic) bond motifs is 1. The highest BCUT2D eigenvalue weighted by Gasteiger charge is 2.26. The number of aromatic nitrogens is 2. The molecular weight excluding hydrogens is 477 g/mol. The number of ether oxygens (including phenoxy) is 1. The summed E-state index contributed by atoms with van der Waals surface area (Å²) in [5.41, 5.74) is 4.98. The Balaban J connectivity index is 1.66. The van der Waals surface area contributed by atoms with E-state index in [-0.39, 0.29) is 17.3 Å². The van der Waals surface area contributed by atoms with Gasteiger partial charge in [-0.05, 0) is 58.1 Å². The predicted molar refractivity (Wildman–Crippen MR) is 134 cm³/mol. The van der Waals surface area contributed by atoms with Crippen LogP contribution in [0.25, 0.3) is 22.0 Å². The van der Waals surface area contributed by atoms with E-state index >= 15 is 0 Å². The van der Waals surface area contributed by atoms with Crippen LogP contribution in [0.15, 0.2) is 60.8 Å². The lowest BCUT2D eigenvalue weighted by atomic mass is 9.77. The molecule has 4 rings (SSSR count). The van der Waals surface area contributed by atoms with Gasteiger partial charge in [-0.1, -0.05) is 55.8 Å². The molecule has 166 valence electrons. The highest BCUT2D eigenvalue weighted by Crippen LogP contribution is 2.39. The normalized spacial score (nSPS) is 11.4. The predicted octanol–water partition coefficient (Wildman–Crippen LogP) is 7.42. The second-order valence-electron chi connectivity index (χ2n) is 8.10. The summed E-state index contributed by atoms with van der Waals surface area (Å²) in [5, 5.41) is 11.2. The molecule has 0 unspecified atom stereocenters. The molecular formula is C26H20Cl3N3O. The van der Waals surface area contributed by atoms with E-state index in [1.807, 2.05) is 30.3 Å². The zero-order valence-corrected chi connectivity index (χ0v) is 20.3. The van der Waals surface area contributed by atoms with E-state index in [0.717, 1.165) is 33.2 Å². The molecule has 0 amide bonds. The van der Waals surface area contributed by atoms with Crippen molar-refractivity contribution in [2.45, 2.75) is 19.3 Å². The third kappa shape index (κ3) is 4.77. The van der Waals surface area contributed by atoms with Crippen molar-refractivity contribution in [2.24, 2.45) is 0 Å². The fourth-order valence-electron chi connectivity index (χ4n) is 3.76. The van der Waals surface area contributed by atoms with Crippen LogP contribution < -0.4 is 4.74 Å². The first-order valence-corrected chi connectivity index (χ1v) is 11.6. The topological polar surface area (TPSA) is 58.8 Å².